The van der Waals surface area contributed by atoms with Gasteiger partial charge >= 0.3 is 0 Å². The quantitative estimate of drug-likeness (QED) is 0.355. The van der Waals surface area contributed by atoms with Crippen LogP contribution in [0.15, 0.2) is 43.0 Å². The van der Waals surface area contributed by atoms with Gasteiger partial charge in [-0.1, -0.05) is 11.6 Å². The van der Waals surface area contributed by atoms with Crippen LogP contribution >= 0.6 is 11.6 Å². The molecule has 1 aliphatic carbocycles. The van der Waals surface area contributed by atoms with Crippen LogP contribution in [-0.2, 0) is 4.79 Å². The number of halogens is 4. The summed E-state index contributed by atoms with van der Waals surface area (Å²) in [5, 5.41) is 14.1. The van der Waals surface area contributed by atoms with E-state index in [1.54, 1.807) is 24.4 Å². The van der Waals surface area contributed by atoms with Crippen molar-refractivity contribution in [2.45, 2.75) is 12.6 Å². The van der Waals surface area contributed by atoms with Crippen LogP contribution in [0.4, 0.5) is 30.6 Å². The van der Waals surface area contributed by atoms with Crippen LogP contribution in [-0.4, -0.2) is 48.9 Å². The van der Waals surface area contributed by atoms with Gasteiger partial charge in [0.05, 0.1) is 40.6 Å². The molecule has 0 radical (unpaired) electrons. The third-order valence-electron chi connectivity index (χ3n) is 6.06. The average Bonchev–Trinajstić information content (AvgIpc) is 3.22. The summed E-state index contributed by atoms with van der Waals surface area (Å²) in [5.41, 5.74) is 1.96. The van der Waals surface area contributed by atoms with Gasteiger partial charge in [0.2, 0.25) is 11.9 Å². The van der Waals surface area contributed by atoms with Crippen LogP contribution in [0.3, 0.4) is 0 Å². The van der Waals surface area contributed by atoms with Crippen molar-refractivity contribution in [3.05, 3.63) is 59.6 Å². The number of pyridine rings is 1. The number of amides is 1. The van der Waals surface area contributed by atoms with E-state index in [9.17, 15) is 13.6 Å². The average molecular weight is 513 g/mol. The van der Waals surface area contributed by atoms with Gasteiger partial charge in [0.15, 0.2) is 17.5 Å². The number of rotatable bonds is 5. The lowest BCUT2D eigenvalue weighted by atomic mass is 10.0. The Balaban J connectivity index is 1.42. The molecule has 0 spiro atoms. The molecule has 0 saturated heterocycles. The predicted octanol–water partition coefficient (Wildman–Crippen LogP) is 4.66. The Bertz CT molecular complexity index is 1650. The number of nitrogens with zero attached hydrogens (tertiary/aromatic N) is 6. The van der Waals surface area contributed by atoms with E-state index >= 15 is 4.39 Å². The van der Waals surface area contributed by atoms with Crippen LogP contribution in [0.1, 0.15) is 6.42 Å². The fraction of sp³-hybridized carbons (Fsp3) is 0.174. The molecule has 1 aliphatic rings. The molecule has 1 fully saturated rings. The van der Waals surface area contributed by atoms with E-state index in [-0.39, 0.29) is 28.9 Å². The predicted molar refractivity (Wildman–Crippen MR) is 127 cm³/mol. The molecule has 2 N–H and O–H groups in total. The second kappa shape index (κ2) is 8.19. The van der Waals surface area contributed by atoms with Crippen LogP contribution in [0.25, 0.3) is 27.5 Å². The first-order valence-electron chi connectivity index (χ1n) is 10.8. The number of aromatic nitrogens is 6. The summed E-state index contributed by atoms with van der Waals surface area (Å²) in [6.07, 6.45) is 4.23. The number of nitrogens with one attached hydrogen (secondary N) is 2. The van der Waals surface area contributed by atoms with Gasteiger partial charge in [0, 0.05) is 30.3 Å². The molecular formula is C23H16ClF3N8O. The highest BCUT2D eigenvalue weighted by molar-refractivity contribution is 6.36. The molecule has 0 bridgehead atoms. The first kappa shape index (κ1) is 22.3. The largest absolute Gasteiger partial charge is 0.309 e. The van der Waals surface area contributed by atoms with Gasteiger partial charge in [0.25, 0.3) is 0 Å². The zero-order valence-corrected chi connectivity index (χ0v) is 19.3. The zero-order valence-electron chi connectivity index (χ0n) is 18.5. The molecular weight excluding hydrogens is 497 g/mol. The Kier molecular flexibility index (Phi) is 5.07. The zero-order chi connectivity index (χ0) is 25.1. The van der Waals surface area contributed by atoms with Gasteiger partial charge in [-0.2, -0.15) is 10.2 Å². The molecule has 0 unspecified atom stereocenters. The van der Waals surface area contributed by atoms with Crippen molar-refractivity contribution in [2.24, 2.45) is 5.92 Å². The minimum atomic E-state index is -1.11. The first-order chi connectivity index (χ1) is 17.3. The van der Waals surface area contributed by atoms with Crippen LogP contribution in [0, 0.1) is 17.6 Å². The fourth-order valence-electron chi connectivity index (χ4n) is 4.14. The number of H-pyrrole nitrogens is 1. The number of carbonyl (C=O) groups is 1. The van der Waals surface area contributed by atoms with Crippen LogP contribution < -0.4 is 10.2 Å². The summed E-state index contributed by atoms with van der Waals surface area (Å²) in [6.45, 7) is 0. The lowest BCUT2D eigenvalue weighted by Crippen LogP contribution is -2.15. The molecule has 9 nitrogen and oxygen atoms in total. The lowest BCUT2D eigenvalue weighted by Gasteiger charge is -2.20. The molecule has 1 saturated carbocycles. The fourth-order valence-corrected chi connectivity index (χ4v) is 4.44. The Morgan fingerprint density at radius 1 is 1.25 bits per heavy atom. The van der Waals surface area contributed by atoms with E-state index in [4.69, 9.17) is 11.6 Å². The maximum absolute atomic E-state index is 15.7. The molecule has 6 rings (SSSR count). The molecule has 13 heteroatoms. The number of anilines is 3. The number of carbonyl (C=O) groups excluding carboxylic acids is 1. The Hall–Kier alpha value is -4.19. The van der Waals surface area contributed by atoms with Crippen molar-refractivity contribution in [3.63, 3.8) is 0 Å². The molecule has 1 aromatic carbocycles. The minimum Gasteiger partial charge on any atom is -0.309 e. The van der Waals surface area contributed by atoms with Gasteiger partial charge in [-0.25, -0.2) is 27.7 Å². The van der Waals surface area contributed by atoms with Crippen LogP contribution in [0.5, 0.6) is 0 Å². The number of hydrogen-bond acceptors (Lipinski definition) is 6. The van der Waals surface area contributed by atoms with Gasteiger partial charge < -0.3 is 10.2 Å². The summed E-state index contributed by atoms with van der Waals surface area (Å²) in [5.74, 6) is -2.08. The molecule has 1 amide bonds. The molecule has 182 valence electrons. The summed E-state index contributed by atoms with van der Waals surface area (Å²) in [7, 11) is 1.53. The van der Waals surface area contributed by atoms with Crippen molar-refractivity contribution in [1.82, 2.24) is 29.8 Å². The molecule has 4 aromatic heterocycles. The Labute approximate surface area is 205 Å². The van der Waals surface area contributed by atoms with Crippen molar-refractivity contribution in [2.75, 3.05) is 17.3 Å². The van der Waals surface area contributed by atoms with Crippen molar-refractivity contribution in [3.8, 4) is 11.1 Å². The van der Waals surface area contributed by atoms with E-state index < -0.39 is 29.6 Å². The topological polar surface area (TPSA) is 104 Å². The summed E-state index contributed by atoms with van der Waals surface area (Å²) in [4.78, 5) is 21.2. The maximum atomic E-state index is 15.7. The van der Waals surface area contributed by atoms with Crippen LogP contribution in [0.2, 0.25) is 5.02 Å². The van der Waals surface area contributed by atoms with Crippen molar-refractivity contribution in [1.29, 1.82) is 0 Å². The number of fused-ring (bicyclic) bond motifs is 2. The van der Waals surface area contributed by atoms with E-state index in [0.717, 1.165) is 12.4 Å². The second-order valence-electron chi connectivity index (χ2n) is 8.43. The van der Waals surface area contributed by atoms with Gasteiger partial charge in [0.1, 0.15) is 11.9 Å². The summed E-state index contributed by atoms with van der Waals surface area (Å²) >= 11 is 6.55. The molecule has 5 aromatic rings. The number of aromatic amines is 1. The van der Waals surface area contributed by atoms with Gasteiger partial charge in [-0.15, -0.1) is 0 Å². The van der Waals surface area contributed by atoms with E-state index in [1.165, 1.54) is 22.7 Å². The number of benzene rings is 1. The summed E-state index contributed by atoms with van der Waals surface area (Å²) < 4.78 is 43.7. The Morgan fingerprint density at radius 2 is 2.00 bits per heavy atom. The number of alkyl halides is 1. The minimum absolute atomic E-state index is 0.0459. The molecule has 0 aliphatic heterocycles. The monoisotopic (exact) mass is 512 g/mol. The Morgan fingerprint density at radius 3 is 2.72 bits per heavy atom. The van der Waals surface area contributed by atoms with Gasteiger partial charge in [-0.05, 0) is 24.1 Å². The van der Waals surface area contributed by atoms with Gasteiger partial charge in [-0.3, -0.25) is 9.89 Å². The highest BCUT2D eigenvalue weighted by Crippen LogP contribution is 2.43. The third-order valence-corrected chi connectivity index (χ3v) is 6.42. The highest BCUT2D eigenvalue weighted by Gasteiger charge is 2.43. The smallest absolute Gasteiger partial charge is 0.231 e. The van der Waals surface area contributed by atoms with E-state index in [2.05, 4.69) is 30.6 Å². The standard InChI is InChI=1S/C23H16ClF3N8O/c1-34(23-28-7-11(25)8-29-23)21-19(27)18(24)17(14-9-30-32-20(14)21)10-2-3-35-12(4-10)5-16(33-35)31-22(36)13-6-15(13)26/h2-5,7-9,13,15H,6H2,1H3,(H,30,32)(H,31,33,36)/t13-,15+/m1/s1. The molecule has 2 atom stereocenters. The first-order valence-corrected chi connectivity index (χ1v) is 11.2. The molecule has 4 heterocycles. The van der Waals surface area contributed by atoms with Crippen molar-refractivity contribution < 1.29 is 18.0 Å². The SMILES string of the molecule is CN(c1ncc(F)cn1)c1c(F)c(Cl)c(-c2ccn3nc(NC(=O)[C@@H]4C[C@@H]4F)cc3c2)c2cn[nH]c12. The summed E-state index contributed by atoms with van der Waals surface area (Å²) in [6, 6.07) is 5.06. The van der Waals surface area contributed by atoms with E-state index in [1.807, 2.05) is 0 Å². The van der Waals surface area contributed by atoms with E-state index in [0.29, 0.717) is 27.5 Å². The molecule has 36 heavy (non-hydrogen) atoms. The maximum Gasteiger partial charge on any atom is 0.231 e. The lowest BCUT2D eigenvalue weighted by molar-refractivity contribution is -0.117. The van der Waals surface area contributed by atoms with Crippen molar-refractivity contribution >= 4 is 51.4 Å². The number of hydrogen-bond donors (Lipinski definition) is 2. The second-order valence-corrected chi connectivity index (χ2v) is 8.81. The highest BCUT2D eigenvalue weighted by atomic mass is 35.5. The third kappa shape index (κ3) is 3.61. The normalized spacial score (nSPS) is 17.0.